The maximum absolute atomic E-state index is 5.50. The number of nitrogens with zero attached hydrogens (tertiary/aromatic N) is 4. The average molecular weight is 1500 g/mol. The molecule has 0 radical (unpaired) electrons. The van der Waals surface area contributed by atoms with E-state index in [0.717, 1.165) is 56.2 Å². The molecule has 0 spiro atoms. The molecule has 0 N–H and O–H groups in total. The van der Waals surface area contributed by atoms with Crippen molar-refractivity contribution >= 4 is 130 Å². The van der Waals surface area contributed by atoms with E-state index in [0.29, 0.717) is 0 Å². The summed E-state index contributed by atoms with van der Waals surface area (Å²) in [5.74, 6) is 1.88. The Morgan fingerprint density at radius 1 is 0.144 bits per heavy atom. The first-order valence-electron chi connectivity index (χ1n) is 40.6. The van der Waals surface area contributed by atoms with E-state index in [-0.39, 0.29) is 0 Å². The summed E-state index contributed by atoms with van der Waals surface area (Å²) in [7, 11) is 0. The molecule has 0 fully saturated rings. The van der Waals surface area contributed by atoms with Gasteiger partial charge >= 0.3 is 0 Å². The molecule has 22 aromatic carbocycles. The highest BCUT2D eigenvalue weighted by molar-refractivity contribution is 6.26. The minimum atomic E-state index is 0.938. The highest BCUT2D eigenvalue weighted by atomic mass is 15.1. The van der Waals surface area contributed by atoms with Crippen LogP contribution in [0.4, 0.5) is 0 Å². The first kappa shape index (κ1) is 68.0. The second kappa shape index (κ2) is 28.2. The molecule has 24 aromatic rings. The molecule has 0 aliphatic heterocycles. The predicted octanol–water partition coefficient (Wildman–Crippen LogP) is 30.9. The molecule has 4 nitrogen and oxygen atoms in total. The Kier molecular flexibility index (Phi) is 16.2. The lowest BCUT2D eigenvalue weighted by atomic mass is 9.85. The van der Waals surface area contributed by atoms with E-state index < -0.39 is 0 Å². The van der Waals surface area contributed by atoms with Gasteiger partial charge in [-0.2, -0.15) is 0 Å². The fraction of sp³-hybridized carbons (Fsp3) is 0. The summed E-state index contributed by atoms with van der Waals surface area (Å²) in [6, 6.07) is 159. The molecule has 2 aromatic heterocycles. The Labute approximate surface area is 682 Å². The van der Waals surface area contributed by atoms with Crippen LogP contribution in [0, 0.1) is 0 Å². The number of hydrogen-bond acceptors (Lipinski definition) is 2. The van der Waals surface area contributed by atoms with E-state index >= 15 is 0 Å². The van der Waals surface area contributed by atoms with Crippen LogP contribution in [-0.4, -0.2) is 19.1 Å². The number of hydrogen-bond donors (Lipinski definition) is 0. The lowest BCUT2D eigenvalue weighted by Gasteiger charge is -2.19. The summed E-state index contributed by atoms with van der Waals surface area (Å²) in [4.78, 5) is 11.0. The van der Waals surface area contributed by atoms with Gasteiger partial charge in [-0.3, -0.25) is 9.13 Å². The van der Waals surface area contributed by atoms with Gasteiger partial charge in [0.2, 0.25) is 0 Å². The van der Waals surface area contributed by atoms with Crippen molar-refractivity contribution in [3.05, 3.63) is 437 Å². The fourth-order valence-corrected chi connectivity index (χ4v) is 19.2. The number of fused-ring (bicyclic) bond motifs is 12. The molecule has 0 unspecified atom stereocenters. The Balaban J connectivity index is 0.000000138. The summed E-state index contributed by atoms with van der Waals surface area (Å²) in [5, 5.41) is 24.4. The van der Waals surface area contributed by atoms with Crippen LogP contribution in [0.1, 0.15) is 0 Å². The summed E-state index contributed by atoms with van der Waals surface area (Å²) >= 11 is 0. The second-order valence-corrected chi connectivity index (χ2v) is 30.8. The van der Waals surface area contributed by atoms with Crippen LogP contribution >= 0.6 is 0 Å². The SMILES string of the molecule is c1ccc(-c2c3ccccc3c(-c3ccc(-c4c5ccccc5c(-c5nc6cc7ccccc7cc6n5-c5ccccc5)c5ccccc45)cc3)c3ccccc23)cc1.c1ccc(-c2c3ccccc3c(-c3ccc(-c4c5ccccc5c(-c5nc6cc7ccccc7cc6n5-c5ccccc5)c5ccccc45)cc3)c3ccccc23)cc1. The normalized spacial score (nSPS) is 11.7. The van der Waals surface area contributed by atoms with Crippen LogP contribution < -0.4 is 0 Å². The van der Waals surface area contributed by atoms with Crippen LogP contribution in [0.2, 0.25) is 0 Å². The third kappa shape index (κ3) is 11.1. The molecule has 0 amide bonds. The minimum absolute atomic E-state index is 0.938. The Morgan fingerprint density at radius 2 is 0.314 bits per heavy atom. The molecule has 24 rings (SSSR count). The van der Waals surface area contributed by atoms with E-state index in [9.17, 15) is 0 Å². The second-order valence-electron chi connectivity index (χ2n) is 30.8. The first-order chi connectivity index (χ1) is 58.6. The van der Waals surface area contributed by atoms with Gasteiger partial charge in [-0.1, -0.05) is 388 Å². The third-order valence-electron chi connectivity index (χ3n) is 24.3. The van der Waals surface area contributed by atoms with Crippen LogP contribution in [0.15, 0.2) is 437 Å². The number of benzene rings is 22. The third-order valence-corrected chi connectivity index (χ3v) is 24.3. The number of aromatic nitrogens is 4. The lowest BCUT2D eigenvalue weighted by molar-refractivity contribution is 1.11. The molecule has 0 saturated carbocycles. The summed E-state index contributed by atoms with van der Waals surface area (Å²) in [6.45, 7) is 0. The molecular formula is C114H72N4. The van der Waals surface area contributed by atoms with Gasteiger partial charge in [-0.15, -0.1) is 0 Å². The molecule has 0 atom stereocenters. The van der Waals surface area contributed by atoms with Crippen molar-refractivity contribution in [2.24, 2.45) is 0 Å². The van der Waals surface area contributed by atoms with Crippen LogP contribution in [0.25, 0.3) is 231 Å². The summed E-state index contributed by atoms with van der Waals surface area (Å²) in [5.41, 5.74) is 23.4. The number of rotatable bonds is 10. The van der Waals surface area contributed by atoms with Crippen molar-refractivity contribution in [2.75, 3.05) is 0 Å². The zero-order valence-electron chi connectivity index (χ0n) is 64.4. The molecule has 0 aliphatic carbocycles. The van der Waals surface area contributed by atoms with Crippen molar-refractivity contribution in [1.29, 1.82) is 0 Å². The van der Waals surface area contributed by atoms with Gasteiger partial charge in [0.15, 0.2) is 0 Å². The number of para-hydroxylation sites is 2. The minimum Gasteiger partial charge on any atom is -0.292 e. The highest BCUT2D eigenvalue weighted by Gasteiger charge is 2.27. The van der Waals surface area contributed by atoms with Crippen molar-refractivity contribution < 1.29 is 0 Å². The van der Waals surface area contributed by atoms with Gasteiger partial charge in [0, 0.05) is 22.5 Å². The van der Waals surface area contributed by atoms with Crippen molar-refractivity contribution in [3.8, 4) is 101 Å². The van der Waals surface area contributed by atoms with Crippen molar-refractivity contribution in [1.82, 2.24) is 19.1 Å². The lowest BCUT2D eigenvalue weighted by Crippen LogP contribution is -1.99. The smallest absolute Gasteiger partial charge is 0.146 e. The Bertz CT molecular complexity index is 7420. The van der Waals surface area contributed by atoms with Crippen LogP contribution in [0.3, 0.4) is 0 Å². The maximum Gasteiger partial charge on any atom is 0.146 e. The molecule has 118 heavy (non-hydrogen) atoms. The summed E-state index contributed by atoms with van der Waals surface area (Å²) < 4.78 is 4.70. The van der Waals surface area contributed by atoms with E-state index in [1.807, 2.05) is 0 Å². The van der Waals surface area contributed by atoms with Gasteiger partial charge in [-0.05, 0) is 223 Å². The van der Waals surface area contributed by atoms with Crippen LogP contribution in [0.5, 0.6) is 0 Å². The topological polar surface area (TPSA) is 35.6 Å². The average Bonchev–Trinajstić information content (AvgIpc) is 1.64. The quantitative estimate of drug-likeness (QED) is 0.128. The molecule has 0 bridgehead atoms. The van der Waals surface area contributed by atoms with Gasteiger partial charge < -0.3 is 0 Å². The largest absolute Gasteiger partial charge is 0.292 e. The Hall–Kier alpha value is -15.6. The standard InChI is InChI=1S/2C57H36N2/c2*1-3-17-37(18-4-1)53-43-23-9-11-25-45(43)54(46-26-12-10-24-44(46)53)38-31-33-39(34-32-38)55-47-27-13-15-29-49(47)56(50-30-16-14-28-48(50)55)57-58-51-35-40-19-7-8-20-41(40)36-52(51)59(57)42-21-5-2-6-22-42/h2*1-36H. The fourth-order valence-electron chi connectivity index (χ4n) is 19.2. The molecule has 548 valence electrons. The monoisotopic (exact) mass is 1500 g/mol. The number of imidazole rings is 2. The van der Waals surface area contributed by atoms with E-state index in [4.69, 9.17) is 9.97 Å². The van der Waals surface area contributed by atoms with E-state index in [2.05, 4.69) is 446 Å². The van der Waals surface area contributed by atoms with Gasteiger partial charge in [0.25, 0.3) is 0 Å². The van der Waals surface area contributed by atoms with Gasteiger partial charge in [0.1, 0.15) is 11.6 Å². The first-order valence-corrected chi connectivity index (χ1v) is 40.6. The predicted molar refractivity (Wildman–Crippen MR) is 501 cm³/mol. The van der Waals surface area contributed by atoms with E-state index in [1.165, 1.54) is 174 Å². The zero-order chi connectivity index (χ0) is 77.7. The molecule has 2 heterocycles. The van der Waals surface area contributed by atoms with Gasteiger partial charge in [-0.25, -0.2) is 9.97 Å². The highest BCUT2D eigenvalue weighted by Crippen LogP contribution is 2.51. The van der Waals surface area contributed by atoms with E-state index in [1.54, 1.807) is 0 Å². The Morgan fingerprint density at radius 3 is 0.534 bits per heavy atom. The van der Waals surface area contributed by atoms with Crippen molar-refractivity contribution in [2.45, 2.75) is 0 Å². The van der Waals surface area contributed by atoms with Crippen molar-refractivity contribution in [3.63, 3.8) is 0 Å². The molecule has 0 saturated heterocycles. The van der Waals surface area contributed by atoms with Crippen LogP contribution in [-0.2, 0) is 0 Å². The zero-order valence-corrected chi connectivity index (χ0v) is 64.4. The molecular weight excluding hydrogens is 1430 g/mol. The maximum atomic E-state index is 5.50. The summed E-state index contributed by atoms with van der Waals surface area (Å²) in [6.07, 6.45) is 0. The molecule has 0 aliphatic rings. The van der Waals surface area contributed by atoms with Gasteiger partial charge in [0.05, 0.1) is 22.1 Å². The molecule has 4 heteroatoms.